The van der Waals surface area contributed by atoms with Crippen LogP contribution in [-0.2, 0) is 4.74 Å². The number of aliphatic hydroxyl groups is 1. The zero-order chi connectivity index (χ0) is 14.7. The highest BCUT2D eigenvalue weighted by atomic mass is 127. The number of aliphatic hydroxyl groups excluding tert-OH is 1. The SMILES string of the molecule is CC(C)(COC(=O)c1ccccc1)C(O)C(F)(F)I. The third-order valence-electron chi connectivity index (χ3n) is 2.64. The highest BCUT2D eigenvalue weighted by molar-refractivity contribution is 14.1. The van der Waals surface area contributed by atoms with Crippen molar-refractivity contribution in [2.24, 2.45) is 5.41 Å². The van der Waals surface area contributed by atoms with Crippen LogP contribution in [0.4, 0.5) is 8.78 Å². The van der Waals surface area contributed by atoms with Crippen LogP contribution < -0.4 is 0 Å². The monoisotopic (exact) mass is 384 g/mol. The van der Waals surface area contributed by atoms with Gasteiger partial charge in [0.05, 0.1) is 12.2 Å². The molecule has 1 aromatic carbocycles. The van der Waals surface area contributed by atoms with Gasteiger partial charge in [0, 0.05) is 28.0 Å². The Kier molecular flexibility index (Phi) is 5.26. The van der Waals surface area contributed by atoms with E-state index in [9.17, 15) is 18.7 Å². The number of ether oxygens (including phenoxy) is 1. The van der Waals surface area contributed by atoms with Gasteiger partial charge in [-0.05, 0) is 12.1 Å². The van der Waals surface area contributed by atoms with Crippen molar-refractivity contribution in [1.82, 2.24) is 0 Å². The lowest BCUT2D eigenvalue weighted by atomic mass is 9.87. The van der Waals surface area contributed by atoms with Crippen LogP contribution in [-0.4, -0.2) is 27.7 Å². The average molecular weight is 384 g/mol. The van der Waals surface area contributed by atoms with Gasteiger partial charge in [0.1, 0.15) is 6.10 Å². The lowest BCUT2D eigenvalue weighted by Gasteiger charge is -2.32. The van der Waals surface area contributed by atoms with Gasteiger partial charge in [-0.3, -0.25) is 0 Å². The number of rotatable bonds is 5. The Hall–Kier alpha value is -0.760. The summed E-state index contributed by atoms with van der Waals surface area (Å²) in [5, 5.41) is 9.55. The Morgan fingerprint density at radius 1 is 1.37 bits per heavy atom. The zero-order valence-corrected chi connectivity index (χ0v) is 12.7. The van der Waals surface area contributed by atoms with E-state index in [1.807, 2.05) is 0 Å². The number of halogens is 3. The maximum atomic E-state index is 13.1. The summed E-state index contributed by atoms with van der Waals surface area (Å²) >= 11 is 0.873. The van der Waals surface area contributed by atoms with E-state index in [1.54, 1.807) is 30.3 Å². The number of hydrogen-bond acceptors (Lipinski definition) is 3. The number of carbonyl (C=O) groups excluding carboxylic acids is 1. The molecular formula is C13H15F2IO3. The van der Waals surface area contributed by atoms with E-state index in [4.69, 9.17) is 4.74 Å². The molecule has 106 valence electrons. The Labute approximate surface area is 124 Å². The van der Waals surface area contributed by atoms with Crippen molar-refractivity contribution in [2.75, 3.05) is 6.61 Å². The van der Waals surface area contributed by atoms with Gasteiger partial charge in [0.15, 0.2) is 0 Å². The van der Waals surface area contributed by atoms with Gasteiger partial charge in [0.25, 0.3) is 0 Å². The first-order chi connectivity index (χ1) is 8.64. The zero-order valence-electron chi connectivity index (χ0n) is 10.6. The molecular weight excluding hydrogens is 369 g/mol. The van der Waals surface area contributed by atoms with E-state index < -0.39 is 21.4 Å². The van der Waals surface area contributed by atoms with Crippen molar-refractivity contribution in [2.45, 2.75) is 23.9 Å². The number of benzene rings is 1. The minimum atomic E-state index is -3.28. The normalized spacial score (nSPS) is 14.0. The van der Waals surface area contributed by atoms with Crippen LogP contribution in [0.3, 0.4) is 0 Å². The fourth-order valence-electron chi connectivity index (χ4n) is 1.43. The molecule has 0 heterocycles. The van der Waals surface area contributed by atoms with Crippen LogP contribution in [0.2, 0.25) is 0 Å². The van der Waals surface area contributed by atoms with Crippen LogP contribution in [0.1, 0.15) is 24.2 Å². The summed E-state index contributed by atoms with van der Waals surface area (Å²) in [6.45, 7) is 2.55. The molecule has 1 N–H and O–H groups in total. The molecule has 0 aliphatic heterocycles. The standard InChI is InChI=1S/C13H15F2IO3/c1-12(2,11(18)13(14,15)16)8-19-10(17)9-6-4-3-5-7-9/h3-7,11,18H,8H2,1-2H3. The second-order valence-corrected chi connectivity index (χ2v) is 6.31. The van der Waals surface area contributed by atoms with E-state index >= 15 is 0 Å². The highest BCUT2D eigenvalue weighted by Crippen LogP contribution is 2.37. The molecule has 0 amide bonds. The van der Waals surface area contributed by atoms with Gasteiger partial charge in [-0.25, -0.2) is 4.79 Å². The molecule has 3 nitrogen and oxygen atoms in total. The van der Waals surface area contributed by atoms with Crippen LogP contribution in [0, 0.1) is 5.41 Å². The quantitative estimate of drug-likeness (QED) is 0.482. The molecule has 1 unspecified atom stereocenters. The lowest BCUT2D eigenvalue weighted by Crippen LogP contribution is -2.43. The third-order valence-corrected chi connectivity index (χ3v) is 3.22. The Morgan fingerprint density at radius 2 is 1.89 bits per heavy atom. The second-order valence-electron chi connectivity index (χ2n) is 4.87. The van der Waals surface area contributed by atoms with Crippen molar-refractivity contribution >= 4 is 28.6 Å². The number of hydrogen-bond donors (Lipinski definition) is 1. The first-order valence-electron chi connectivity index (χ1n) is 5.61. The summed E-state index contributed by atoms with van der Waals surface area (Å²) in [5.74, 6) is -0.599. The highest BCUT2D eigenvalue weighted by Gasteiger charge is 2.46. The Bertz CT molecular complexity index is 429. The summed E-state index contributed by atoms with van der Waals surface area (Å²) < 4.78 is 27.8. The molecule has 0 saturated heterocycles. The largest absolute Gasteiger partial charge is 0.461 e. The molecule has 19 heavy (non-hydrogen) atoms. The number of esters is 1. The van der Waals surface area contributed by atoms with Gasteiger partial charge in [0.2, 0.25) is 0 Å². The van der Waals surface area contributed by atoms with Crippen molar-refractivity contribution in [3.63, 3.8) is 0 Å². The smallest absolute Gasteiger partial charge is 0.338 e. The third kappa shape index (κ3) is 4.68. The van der Waals surface area contributed by atoms with Crippen molar-refractivity contribution < 1.29 is 23.4 Å². The lowest BCUT2D eigenvalue weighted by molar-refractivity contribution is -0.0997. The first-order valence-corrected chi connectivity index (χ1v) is 6.69. The molecule has 1 aromatic rings. The maximum Gasteiger partial charge on any atom is 0.338 e. The van der Waals surface area contributed by atoms with Crippen molar-refractivity contribution in [1.29, 1.82) is 0 Å². The van der Waals surface area contributed by atoms with E-state index in [2.05, 4.69) is 0 Å². The molecule has 0 aliphatic rings. The van der Waals surface area contributed by atoms with Gasteiger partial charge < -0.3 is 9.84 Å². The molecule has 1 rings (SSSR count). The van der Waals surface area contributed by atoms with Crippen LogP contribution in [0.5, 0.6) is 0 Å². The van der Waals surface area contributed by atoms with Gasteiger partial charge in [-0.1, -0.05) is 32.0 Å². The van der Waals surface area contributed by atoms with Gasteiger partial charge in [-0.15, -0.1) is 0 Å². The molecule has 0 fully saturated rings. The molecule has 0 radical (unpaired) electrons. The molecule has 0 bridgehead atoms. The summed E-state index contributed by atoms with van der Waals surface area (Å²) in [6.07, 6.45) is -1.90. The molecule has 1 atom stereocenters. The van der Waals surface area contributed by atoms with E-state index in [1.165, 1.54) is 13.8 Å². The van der Waals surface area contributed by atoms with Crippen LogP contribution in [0.15, 0.2) is 30.3 Å². The van der Waals surface area contributed by atoms with Crippen LogP contribution in [0.25, 0.3) is 0 Å². The maximum absolute atomic E-state index is 13.1. The predicted molar refractivity (Wildman–Crippen MR) is 75.5 cm³/mol. The minimum Gasteiger partial charge on any atom is -0.461 e. The summed E-state index contributed by atoms with van der Waals surface area (Å²) in [5.41, 5.74) is -0.899. The molecule has 0 aliphatic carbocycles. The second kappa shape index (κ2) is 6.13. The average Bonchev–Trinajstić information content (AvgIpc) is 2.35. The Morgan fingerprint density at radius 3 is 2.37 bits per heavy atom. The molecule has 0 spiro atoms. The van der Waals surface area contributed by atoms with Crippen LogP contribution >= 0.6 is 22.6 Å². The van der Waals surface area contributed by atoms with E-state index in [0.29, 0.717) is 5.56 Å². The first kappa shape index (κ1) is 16.3. The summed E-state index contributed by atoms with van der Waals surface area (Å²) in [6, 6.07) is 8.24. The summed E-state index contributed by atoms with van der Waals surface area (Å²) in [7, 11) is 0. The molecule has 0 aromatic heterocycles. The summed E-state index contributed by atoms with van der Waals surface area (Å²) in [4.78, 5) is 11.7. The molecule has 6 heteroatoms. The fourth-order valence-corrected chi connectivity index (χ4v) is 2.27. The van der Waals surface area contributed by atoms with Crippen molar-refractivity contribution in [3.05, 3.63) is 35.9 Å². The fraction of sp³-hybridized carbons (Fsp3) is 0.462. The minimum absolute atomic E-state index is 0.291. The van der Waals surface area contributed by atoms with Gasteiger partial charge in [-0.2, -0.15) is 8.78 Å². The van der Waals surface area contributed by atoms with E-state index in [-0.39, 0.29) is 6.61 Å². The topological polar surface area (TPSA) is 46.5 Å². The molecule has 0 saturated carbocycles. The number of carbonyl (C=O) groups is 1. The number of alkyl halides is 3. The predicted octanol–water partition coefficient (Wildman–Crippen LogP) is 3.26. The van der Waals surface area contributed by atoms with E-state index in [0.717, 1.165) is 22.6 Å². The Balaban J connectivity index is 2.64. The van der Waals surface area contributed by atoms with Crippen molar-refractivity contribution in [3.8, 4) is 0 Å². The van der Waals surface area contributed by atoms with Gasteiger partial charge >= 0.3 is 9.90 Å².